The molecule has 1 heterocycles. The predicted octanol–water partition coefficient (Wildman–Crippen LogP) is 3.25. The average molecular weight is 292 g/mol. The summed E-state index contributed by atoms with van der Waals surface area (Å²) in [4.78, 5) is 13.9. The number of nitriles is 1. The predicted molar refractivity (Wildman–Crippen MR) is 81.9 cm³/mol. The van der Waals surface area contributed by atoms with Crippen molar-refractivity contribution in [2.45, 2.75) is 19.6 Å². The van der Waals surface area contributed by atoms with E-state index in [1.165, 1.54) is 0 Å². The van der Waals surface area contributed by atoms with Crippen LogP contribution in [0.25, 0.3) is 0 Å². The van der Waals surface area contributed by atoms with Crippen molar-refractivity contribution in [3.05, 3.63) is 70.8 Å². The van der Waals surface area contributed by atoms with Crippen LogP contribution in [0.5, 0.6) is 0 Å². The van der Waals surface area contributed by atoms with Gasteiger partial charge in [0.2, 0.25) is 0 Å². The van der Waals surface area contributed by atoms with E-state index in [1.54, 1.807) is 4.90 Å². The van der Waals surface area contributed by atoms with Gasteiger partial charge in [0, 0.05) is 13.1 Å². The standard InChI is InChI=1S/C18H16N2O2/c19-11-15-7-4-8-16-12-20(10-9-17(15)16)18(21)22-13-14-5-2-1-3-6-14/h1-8H,9-10,12-13H2. The fourth-order valence-electron chi connectivity index (χ4n) is 2.68. The van der Waals surface area contributed by atoms with Crippen LogP contribution in [-0.2, 0) is 24.3 Å². The van der Waals surface area contributed by atoms with E-state index in [-0.39, 0.29) is 12.7 Å². The second kappa shape index (κ2) is 6.31. The van der Waals surface area contributed by atoms with Gasteiger partial charge in [0.05, 0.1) is 11.6 Å². The molecule has 22 heavy (non-hydrogen) atoms. The Kier molecular flexibility index (Phi) is 4.06. The number of fused-ring (bicyclic) bond motifs is 1. The Hall–Kier alpha value is -2.80. The molecule has 0 N–H and O–H groups in total. The molecular weight excluding hydrogens is 276 g/mol. The molecule has 1 amide bonds. The quantitative estimate of drug-likeness (QED) is 0.853. The Labute approximate surface area is 129 Å². The number of amides is 1. The molecule has 0 aliphatic carbocycles. The number of nitrogens with zero attached hydrogens (tertiary/aromatic N) is 2. The molecule has 0 saturated heterocycles. The van der Waals surface area contributed by atoms with Crippen molar-refractivity contribution in [2.24, 2.45) is 0 Å². The first-order chi connectivity index (χ1) is 10.8. The fraction of sp³-hybridized carbons (Fsp3) is 0.222. The third-order valence-electron chi connectivity index (χ3n) is 3.85. The summed E-state index contributed by atoms with van der Waals surface area (Å²) in [5.74, 6) is 0. The maximum atomic E-state index is 12.2. The highest BCUT2D eigenvalue weighted by Gasteiger charge is 2.23. The molecule has 2 aromatic rings. The molecule has 0 aromatic heterocycles. The molecule has 0 bridgehead atoms. The van der Waals surface area contributed by atoms with E-state index in [9.17, 15) is 4.79 Å². The maximum absolute atomic E-state index is 12.2. The van der Waals surface area contributed by atoms with Crippen LogP contribution in [0.2, 0.25) is 0 Å². The zero-order chi connectivity index (χ0) is 15.4. The van der Waals surface area contributed by atoms with Crippen molar-refractivity contribution >= 4 is 6.09 Å². The molecule has 4 nitrogen and oxygen atoms in total. The summed E-state index contributed by atoms with van der Waals surface area (Å²) in [6.07, 6.45) is 0.385. The lowest BCUT2D eigenvalue weighted by Crippen LogP contribution is -2.36. The lowest BCUT2D eigenvalue weighted by molar-refractivity contribution is 0.0918. The molecular formula is C18H16N2O2. The number of carbonyl (C=O) groups excluding carboxylic acids is 1. The minimum Gasteiger partial charge on any atom is -0.445 e. The summed E-state index contributed by atoms with van der Waals surface area (Å²) >= 11 is 0. The van der Waals surface area contributed by atoms with Gasteiger partial charge >= 0.3 is 6.09 Å². The second-order valence-corrected chi connectivity index (χ2v) is 5.27. The lowest BCUT2D eigenvalue weighted by Gasteiger charge is -2.28. The van der Waals surface area contributed by atoms with E-state index in [0.29, 0.717) is 25.1 Å². The van der Waals surface area contributed by atoms with Crippen LogP contribution < -0.4 is 0 Å². The van der Waals surface area contributed by atoms with Gasteiger partial charge in [0.1, 0.15) is 6.61 Å². The van der Waals surface area contributed by atoms with E-state index in [4.69, 9.17) is 10.00 Å². The summed E-state index contributed by atoms with van der Waals surface area (Å²) in [5, 5.41) is 9.12. The van der Waals surface area contributed by atoms with E-state index in [1.807, 2.05) is 48.5 Å². The molecule has 0 radical (unpaired) electrons. The van der Waals surface area contributed by atoms with Gasteiger partial charge in [-0.3, -0.25) is 0 Å². The van der Waals surface area contributed by atoms with E-state index in [0.717, 1.165) is 16.7 Å². The molecule has 0 spiro atoms. The first-order valence-electron chi connectivity index (χ1n) is 7.24. The molecule has 0 atom stereocenters. The van der Waals surface area contributed by atoms with Crippen molar-refractivity contribution in [3.8, 4) is 6.07 Å². The van der Waals surface area contributed by atoms with Crippen LogP contribution in [-0.4, -0.2) is 17.5 Å². The Balaban J connectivity index is 1.65. The zero-order valence-corrected chi connectivity index (χ0v) is 12.2. The molecule has 2 aromatic carbocycles. The molecule has 110 valence electrons. The molecule has 4 heteroatoms. The van der Waals surface area contributed by atoms with Gasteiger partial charge in [0.25, 0.3) is 0 Å². The highest BCUT2D eigenvalue weighted by atomic mass is 16.6. The van der Waals surface area contributed by atoms with Gasteiger partial charge in [-0.1, -0.05) is 42.5 Å². The topological polar surface area (TPSA) is 53.3 Å². The second-order valence-electron chi connectivity index (χ2n) is 5.27. The number of benzene rings is 2. The Bertz CT molecular complexity index is 720. The Morgan fingerprint density at radius 1 is 1.18 bits per heavy atom. The highest BCUT2D eigenvalue weighted by Crippen LogP contribution is 2.22. The van der Waals surface area contributed by atoms with Crippen molar-refractivity contribution in [3.63, 3.8) is 0 Å². The van der Waals surface area contributed by atoms with Gasteiger partial charge in [0.15, 0.2) is 0 Å². The maximum Gasteiger partial charge on any atom is 0.410 e. The number of rotatable bonds is 2. The normalized spacial score (nSPS) is 13.1. The fourth-order valence-corrected chi connectivity index (χ4v) is 2.68. The largest absolute Gasteiger partial charge is 0.445 e. The number of carbonyl (C=O) groups is 1. The summed E-state index contributed by atoms with van der Waals surface area (Å²) in [5.41, 5.74) is 3.76. The van der Waals surface area contributed by atoms with Crippen molar-refractivity contribution < 1.29 is 9.53 Å². The third kappa shape index (κ3) is 2.94. The summed E-state index contributed by atoms with van der Waals surface area (Å²) in [7, 11) is 0. The molecule has 1 aliphatic rings. The van der Waals surface area contributed by atoms with Crippen molar-refractivity contribution in [1.82, 2.24) is 4.90 Å². The minimum absolute atomic E-state index is 0.279. The Morgan fingerprint density at radius 2 is 2.00 bits per heavy atom. The first-order valence-corrected chi connectivity index (χ1v) is 7.24. The monoisotopic (exact) mass is 292 g/mol. The van der Waals surface area contributed by atoms with Crippen molar-refractivity contribution in [1.29, 1.82) is 5.26 Å². The average Bonchev–Trinajstić information content (AvgIpc) is 2.59. The summed E-state index contributed by atoms with van der Waals surface area (Å²) in [6, 6.07) is 17.5. The third-order valence-corrected chi connectivity index (χ3v) is 3.85. The SMILES string of the molecule is N#Cc1cccc2c1CCN(C(=O)OCc1ccccc1)C2. The lowest BCUT2D eigenvalue weighted by atomic mass is 9.95. The van der Waals surface area contributed by atoms with Gasteiger partial charge in [-0.05, 0) is 29.2 Å². The van der Waals surface area contributed by atoms with Gasteiger partial charge in [-0.2, -0.15) is 5.26 Å². The summed E-state index contributed by atoms with van der Waals surface area (Å²) in [6.45, 7) is 1.36. The van der Waals surface area contributed by atoms with E-state index < -0.39 is 0 Å². The van der Waals surface area contributed by atoms with E-state index >= 15 is 0 Å². The smallest absolute Gasteiger partial charge is 0.410 e. The zero-order valence-electron chi connectivity index (χ0n) is 12.2. The molecule has 3 rings (SSSR count). The van der Waals surface area contributed by atoms with Gasteiger partial charge < -0.3 is 9.64 Å². The number of hydrogen-bond acceptors (Lipinski definition) is 3. The summed E-state index contributed by atoms with van der Waals surface area (Å²) < 4.78 is 5.36. The van der Waals surface area contributed by atoms with Crippen LogP contribution in [0.1, 0.15) is 22.3 Å². The molecule has 1 aliphatic heterocycles. The Morgan fingerprint density at radius 3 is 2.77 bits per heavy atom. The minimum atomic E-state index is -0.308. The van der Waals surface area contributed by atoms with Gasteiger partial charge in [-0.15, -0.1) is 0 Å². The molecule has 0 saturated carbocycles. The van der Waals surface area contributed by atoms with Crippen LogP contribution in [0.4, 0.5) is 4.79 Å². The van der Waals surface area contributed by atoms with Crippen LogP contribution in [0, 0.1) is 11.3 Å². The van der Waals surface area contributed by atoms with Crippen LogP contribution in [0.3, 0.4) is 0 Å². The molecule has 0 unspecified atom stereocenters. The van der Waals surface area contributed by atoms with E-state index in [2.05, 4.69) is 6.07 Å². The number of hydrogen-bond donors (Lipinski definition) is 0. The number of ether oxygens (including phenoxy) is 1. The first kappa shape index (κ1) is 14.2. The van der Waals surface area contributed by atoms with Crippen LogP contribution >= 0.6 is 0 Å². The van der Waals surface area contributed by atoms with Gasteiger partial charge in [-0.25, -0.2) is 4.79 Å². The molecule has 0 fully saturated rings. The van der Waals surface area contributed by atoms with Crippen molar-refractivity contribution in [2.75, 3.05) is 6.54 Å². The van der Waals surface area contributed by atoms with Crippen LogP contribution in [0.15, 0.2) is 48.5 Å². The highest BCUT2D eigenvalue weighted by molar-refractivity contribution is 5.68.